The zero-order valence-electron chi connectivity index (χ0n) is 16.1. The van der Waals surface area contributed by atoms with Crippen molar-refractivity contribution in [2.75, 3.05) is 19.6 Å². The smallest absolute Gasteiger partial charge is 0.274 e. The van der Waals surface area contributed by atoms with Crippen LogP contribution in [0.5, 0.6) is 0 Å². The average Bonchev–Trinajstić information content (AvgIpc) is 3.04. The van der Waals surface area contributed by atoms with Gasteiger partial charge in [-0.15, -0.1) is 0 Å². The summed E-state index contributed by atoms with van der Waals surface area (Å²) in [7, 11) is 0. The number of aromatic nitrogens is 3. The van der Waals surface area contributed by atoms with Gasteiger partial charge in [0.2, 0.25) is 0 Å². The Balaban J connectivity index is 1.85. The van der Waals surface area contributed by atoms with Gasteiger partial charge >= 0.3 is 0 Å². The Hall–Kier alpha value is -2.70. The first kappa shape index (κ1) is 20.0. The molecule has 2 aromatic heterocycles. The number of hydrogen-bond acceptors (Lipinski definition) is 4. The Bertz CT molecular complexity index is 955. The summed E-state index contributed by atoms with van der Waals surface area (Å²) in [6.07, 6.45) is 0.737. The Morgan fingerprint density at radius 3 is 2.54 bits per heavy atom. The van der Waals surface area contributed by atoms with Crippen LogP contribution in [0.2, 0.25) is 5.02 Å². The number of halogens is 1. The second-order valence-corrected chi connectivity index (χ2v) is 7.06. The van der Waals surface area contributed by atoms with Gasteiger partial charge in [-0.05, 0) is 44.0 Å². The van der Waals surface area contributed by atoms with Gasteiger partial charge in [0.1, 0.15) is 5.69 Å². The van der Waals surface area contributed by atoms with Crippen LogP contribution in [0.15, 0.2) is 48.5 Å². The van der Waals surface area contributed by atoms with Gasteiger partial charge in [-0.2, -0.15) is 5.10 Å². The minimum Gasteiger partial charge on any atom is -0.336 e. The third-order valence-corrected chi connectivity index (χ3v) is 4.76. The highest BCUT2D eigenvalue weighted by atomic mass is 35.5. The third-order valence-electron chi connectivity index (χ3n) is 4.46. The van der Waals surface area contributed by atoms with Crippen molar-refractivity contribution in [3.63, 3.8) is 0 Å². The van der Waals surface area contributed by atoms with Gasteiger partial charge in [0, 0.05) is 25.3 Å². The van der Waals surface area contributed by atoms with E-state index in [1.54, 1.807) is 21.7 Å². The summed E-state index contributed by atoms with van der Waals surface area (Å²) in [5, 5.41) is 4.75. The predicted molar refractivity (Wildman–Crippen MR) is 111 cm³/mol. The lowest BCUT2D eigenvalue weighted by Crippen LogP contribution is -2.37. The highest BCUT2D eigenvalue weighted by molar-refractivity contribution is 6.33. The van der Waals surface area contributed by atoms with Crippen molar-refractivity contribution in [1.29, 1.82) is 0 Å². The fourth-order valence-corrected chi connectivity index (χ4v) is 3.28. The first-order valence-corrected chi connectivity index (χ1v) is 9.61. The van der Waals surface area contributed by atoms with Gasteiger partial charge in [0.15, 0.2) is 5.82 Å². The van der Waals surface area contributed by atoms with Crippen LogP contribution in [0, 0.1) is 13.8 Å². The van der Waals surface area contributed by atoms with Crippen LogP contribution in [-0.2, 0) is 6.42 Å². The molecule has 0 spiro atoms. The molecule has 0 saturated heterocycles. The molecule has 1 aromatic carbocycles. The normalized spacial score (nSPS) is 10.9. The zero-order chi connectivity index (χ0) is 20.1. The monoisotopic (exact) mass is 397 g/mol. The summed E-state index contributed by atoms with van der Waals surface area (Å²) >= 11 is 6.31. The van der Waals surface area contributed by atoms with Crippen molar-refractivity contribution in [3.8, 4) is 5.82 Å². The second kappa shape index (κ2) is 8.99. The zero-order valence-corrected chi connectivity index (χ0v) is 16.9. The van der Waals surface area contributed by atoms with E-state index in [0.29, 0.717) is 30.5 Å². The molecule has 0 bridgehead atoms. The number of carbonyl (C=O) groups is 1. The van der Waals surface area contributed by atoms with Gasteiger partial charge in [0.25, 0.3) is 5.91 Å². The highest BCUT2D eigenvalue weighted by Gasteiger charge is 2.21. The molecule has 0 aliphatic rings. The van der Waals surface area contributed by atoms with Crippen LogP contribution in [0.1, 0.15) is 27.4 Å². The maximum atomic E-state index is 13.1. The van der Waals surface area contributed by atoms with E-state index >= 15 is 0 Å². The number of carbonyl (C=O) groups excluding carboxylic acids is 1. The Morgan fingerprint density at radius 1 is 1.14 bits per heavy atom. The molecule has 2 N–H and O–H groups in total. The van der Waals surface area contributed by atoms with Crippen LogP contribution in [0.25, 0.3) is 5.82 Å². The van der Waals surface area contributed by atoms with Gasteiger partial charge in [-0.1, -0.05) is 41.9 Å². The van der Waals surface area contributed by atoms with E-state index in [4.69, 9.17) is 17.3 Å². The maximum absolute atomic E-state index is 13.1. The predicted octanol–water partition coefficient (Wildman–Crippen LogP) is 3.18. The van der Waals surface area contributed by atoms with Crippen molar-refractivity contribution >= 4 is 17.5 Å². The van der Waals surface area contributed by atoms with Crippen molar-refractivity contribution in [3.05, 3.63) is 76.2 Å². The molecule has 146 valence electrons. The molecule has 0 radical (unpaired) electrons. The van der Waals surface area contributed by atoms with Crippen molar-refractivity contribution < 1.29 is 4.79 Å². The summed E-state index contributed by atoms with van der Waals surface area (Å²) in [5.74, 6) is 0.337. The minimum atomic E-state index is -0.227. The van der Waals surface area contributed by atoms with Crippen LogP contribution in [-0.4, -0.2) is 45.2 Å². The molecule has 2 heterocycles. The van der Waals surface area contributed by atoms with Crippen molar-refractivity contribution in [2.45, 2.75) is 20.3 Å². The molecule has 0 aliphatic heterocycles. The topological polar surface area (TPSA) is 77.0 Å². The second-order valence-electron chi connectivity index (χ2n) is 6.66. The van der Waals surface area contributed by atoms with E-state index in [2.05, 4.69) is 10.1 Å². The van der Waals surface area contributed by atoms with Gasteiger partial charge in [-0.25, -0.2) is 9.67 Å². The van der Waals surface area contributed by atoms with Gasteiger partial charge < -0.3 is 10.6 Å². The molecule has 0 fully saturated rings. The summed E-state index contributed by atoms with van der Waals surface area (Å²) in [5.41, 5.74) is 8.93. The van der Waals surface area contributed by atoms with E-state index in [9.17, 15) is 4.79 Å². The molecule has 28 heavy (non-hydrogen) atoms. The van der Waals surface area contributed by atoms with Crippen molar-refractivity contribution in [2.24, 2.45) is 5.73 Å². The molecular formula is C21H24ClN5O. The number of benzene rings is 1. The molecular weight excluding hydrogens is 374 g/mol. The number of amides is 1. The van der Waals surface area contributed by atoms with E-state index in [0.717, 1.165) is 23.4 Å². The molecule has 6 nitrogen and oxygen atoms in total. The first-order valence-electron chi connectivity index (χ1n) is 9.23. The van der Waals surface area contributed by atoms with Crippen LogP contribution >= 0.6 is 11.6 Å². The van der Waals surface area contributed by atoms with Crippen LogP contribution < -0.4 is 5.73 Å². The van der Waals surface area contributed by atoms with Crippen LogP contribution in [0.4, 0.5) is 0 Å². The first-order chi connectivity index (χ1) is 13.5. The van der Waals surface area contributed by atoms with E-state index in [1.807, 2.05) is 50.2 Å². The van der Waals surface area contributed by atoms with E-state index in [1.165, 1.54) is 0 Å². The third kappa shape index (κ3) is 4.58. The van der Waals surface area contributed by atoms with Crippen LogP contribution in [0.3, 0.4) is 0 Å². The average molecular weight is 398 g/mol. The standard InChI is InChI=1S/C21H24ClN5O/c1-15-14-16(2)27(25-15)19-9-8-18(22)20(24-19)21(28)26(13-11-23)12-10-17-6-4-3-5-7-17/h3-9,14H,10-13,23H2,1-2H3. The molecule has 1 amide bonds. The van der Waals surface area contributed by atoms with Crippen molar-refractivity contribution in [1.82, 2.24) is 19.7 Å². The Kier molecular flexibility index (Phi) is 6.44. The SMILES string of the molecule is Cc1cc(C)n(-c2ccc(Cl)c(C(=O)N(CCN)CCc3ccccc3)n2)n1. The lowest BCUT2D eigenvalue weighted by Gasteiger charge is -2.22. The number of nitrogens with zero attached hydrogens (tertiary/aromatic N) is 4. The molecule has 0 saturated carbocycles. The summed E-state index contributed by atoms with van der Waals surface area (Å²) in [6.45, 7) is 5.21. The largest absolute Gasteiger partial charge is 0.336 e. The lowest BCUT2D eigenvalue weighted by atomic mass is 10.1. The number of aryl methyl sites for hydroxylation is 2. The molecule has 3 aromatic rings. The summed E-state index contributed by atoms with van der Waals surface area (Å²) in [4.78, 5) is 19.4. The molecule has 0 atom stereocenters. The Morgan fingerprint density at radius 2 is 1.89 bits per heavy atom. The number of pyridine rings is 1. The number of nitrogens with two attached hydrogens (primary N) is 1. The van der Waals surface area contributed by atoms with E-state index < -0.39 is 0 Å². The summed E-state index contributed by atoms with van der Waals surface area (Å²) in [6, 6.07) is 15.4. The molecule has 0 unspecified atom stereocenters. The number of hydrogen-bond donors (Lipinski definition) is 1. The molecule has 0 aliphatic carbocycles. The fraction of sp³-hybridized carbons (Fsp3) is 0.286. The minimum absolute atomic E-state index is 0.216. The molecule has 7 heteroatoms. The maximum Gasteiger partial charge on any atom is 0.274 e. The van der Waals surface area contributed by atoms with E-state index in [-0.39, 0.29) is 11.6 Å². The molecule has 3 rings (SSSR count). The van der Waals surface area contributed by atoms with Gasteiger partial charge in [-0.3, -0.25) is 4.79 Å². The quantitative estimate of drug-likeness (QED) is 0.664. The fourth-order valence-electron chi connectivity index (χ4n) is 3.09. The summed E-state index contributed by atoms with van der Waals surface area (Å²) < 4.78 is 1.71. The lowest BCUT2D eigenvalue weighted by molar-refractivity contribution is 0.0756. The number of rotatable bonds is 7. The van der Waals surface area contributed by atoms with Gasteiger partial charge in [0.05, 0.1) is 10.7 Å². The Labute approximate surface area is 169 Å². The highest BCUT2D eigenvalue weighted by Crippen LogP contribution is 2.19.